The van der Waals surface area contributed by atoms with Gasteiger partial charge in [-0.25, -0.2) is 0 Å². The van der Waals surface area contributed by atoms with Gasteiger partial charge >= 0.3 is 0 Å². The third-order valence-electron chi connectivity index (χ3n) is 6.31. The average molecular weight is 425 g/mol. The lowest BCUT2D eigenvalue weighted by molar-refractivity contribution is -0.142. The van der Waals surface area contributed by atoms with Crippen LogP contribution in [0, 0.1) is 18.8 Å². The second-order valence-electron chi connectivity index (χ2n) is 9.11. The first kappa shape index (κ1) is 21.1. The van der Waals surface area contributed by atoms with Crippen LogP contribution in [-0.2, 0) is 16.0 Å². The predicted molar refractivity (Wildman–Crippen MR) is 122 cm³/mol. The molecule has 4 nitrogen and oxygen atoms in total. The normalized spacial score (nSPS) is 18.4. The van der Waals surface area contributed by atoms with Gasteiger partial charge in [-0.15, -0.1) is 11.3 Å². The van der Waals surface area contributed by atoms with Crippen LogP contribution in [0.5, 0.6) is 0 Å². The molecule has 1 aromatic heterocycles. The number of aryl methyl sites for hydroxylation is 1. The van der Waals surface area contributed by atoms with Crippen molar-refractivity contribution in [3.63, 3.8) is 0 Å². The van der Waals surface area contributed by atoms with Gasteiger partial charge in [-0.1, -0.05) is 38.1 Å². The minimum Gasteiger partial charge on any atom is -0.333 e. The summed E-state index contributed by atoms with van der Waals surface area (Å²) in [4.78, 5) is 31.6. The van der Waals surface area contributed by atoms with Crippen molar-refractivity contribution in [2.75, 3.05) is 19.6 Å². The standard InChI is InChI=1S/C25H32N2O2S/c1-17(2)10-13-26(25(29)19-8-9-19)16-23(28)27-14-11-22-21(12-15-30-22)24(27)20-7-5-4-6-18(20)3/h4-7,12,15,17,19,24H,8-11,13-14,16H2,1-3H3. The molecule has 1 unspecified atom stereocenters. The van der Waals surface area contributed by atoms with E-state index in [2.05, 4.69) is 50.4 Å². The Balaban J connectivity index is 1.59. The van der Waals surface area contributed by atoms with Crippen LogP contribution in [0.2, 0.25) is 0 Å². The van der Waals surface area contributed by atoms with Crippen molar-refractivity contribution in [1.82, 2.24) is 9.80 Å². The number of carbonyl (C=O) groups excluding carboxylic acids is 2. The molecule has 4 rings (SSSR count). The zero-order valence-electron chi connectivity index (χ0n) is 18.3. The first-order valence-electron chi connectivity index (χ1n) is 11.2. The van der Waals surface area contributed by atoms with E-state index in [1.165, 1.54) is 21.6 Å². The number of carbonyl (C=O) groups is 2. The third kappa shape index (κ3) is 4.46. The summed E-state index contributed by atoms with van der Waals surface area (Å²) in [6.07, 6.45) is 3.77. The minimum absolute atomic E-state index is 0.0586. The highest BCUT2D eigenvalue weighted by Crippen LogP contribution is 2.39. The van der Waals surface area contributed by atoms with Crippen LogP contribution in [0.15, 0.2) is 35.7 Å². The van der Waals surface area contributed by atoms with Gasteiger partial charge < -0.3 is 9.80 Å². The molecule has 2 amide bonds. The van der Waals surface area contributed by atoms with Crippen LogP contribution in [0.4, 0.5) is 0 Å². The van der Waals surface area contributed by atoms with Gasteiger partial charge in [-0.05, 0) is 66.7 Å². The Morgan fingerprint density at radius 1 is 1.17 bits per heavy atom. The molecule has 30 heavy (non-hydrogen) atoms. The van der Waals surface area contributed by atoms with Crippen molar-refractivity contribution in [2.24, 2.45) is 11.8 Å². The summed E-state index contributed by atoms with van der Waals surface area (Å²) in [7, 11) is 0. The van der Waals surface area contributed by atoms with Crippen LogP contribution in [0.25, 0.3) is 0 Å². The Labute approximate surface area is 183 Å². The Morgan fingerprint density at radius 3 is 2.63 bits per heavy atom. The number of hydrogen-bond donors (Lipinski definition) is 0. The second-order valence-corrected chi connectivity index (χ2v) is 10.1. The van der Waals surface area contributed by atoms with Crippen molar-refractivity contribution in [1.29, 1.82) is 0 Å². The molecule has 1 fully saturated rings. The van der Waals surface area contributed by atoms with Gasteiger partial charge in [0, 0.05) is 23.9 Å². The lowest BCUT2D eigenvalue weighted by Gasteiger charge is -2.38. The molecule has 1 aliphatic carbocycles. The Morgan fingerprint density at radius 2 is 1.93 bits per heavy atom. The van der Waals surface area contributed by atoms with Crippen LogP contribution >= 0.6 is 11.3 Å². The van der Waals surface area contributed by atoms with E-state index in [1.54, 1.807) is 11.3 Å². The van der Waals surface area contributed by atoms with E-state index in [-0.39, 0.29) is 30.3 Å². The number of nitrogens with zero attached hydrogens (tertiary/aromatic N) is 2. The number of amides is 2. The first-order valence-corrected chi connectivity index (χ1v) is 12.0. The lowest BCUT2D eigenvalue weighted by atomic mass is 9.90. The maximum absolute atomic E-state index is 13.6. The van der Waals surface area contributed by atoms with E-state index in [0.717, 1.165) is 25.7 Å². The Kier molecular flexibility index (Phi) is 6.28. The van der Waals surface area contributed by atoms with Gasteiger partial charge in [0.05, 0.1) is 12.6 Å². The molecular weight excluding hydrogens is 392 g/mol. The summed E-state index contributed by atoms with van der Waals surface area (Å²) in [5.74, 6) is 0.891. The molecule has 0 bridgehead atoms. The molecule has 1 saturated carbocycles. The van der Waals surface area contributed by atoms with E-state index >= 15 is 0 Å². The van der Waals surface area contributed by atoms with E-state index in [4.69, 9.17) is 0 Å². The van der Waals surface area contributed by atoms with Crippen LogP contribution < -0.4 is 0 Å². The van der Waals surface area contributed by atoms with Crippen molar-refractivity contribution >= 4 is 23.2 Å². The zero-order valence-corrected chi connectivity index (χ0v) is 19.1. The summed E-state index contributed by atoms with van der Waals surface area (Å²) in [6.45, 7) is 8.03. The number of hydrogen-bond acceptors (Lipinski definition) is 3. The summed E-state index contributed by atoms with van der Waals surface area (Å²) in [5.41, 5.74) is 3.63. The Hall–Kier alpha value is -2.14. The topological polar surface area (TPSA) is 40.6 Å². The number of fused-ring (bicyclic) bond motifs is 1. The van der Waals surface area contributed by atoms with E-state index in [9.17, 15) is 9.59 Å². The van der Waals surface area contributed by atoms with Gasteiger partial charge in [-0.2, -0.15) is 0 Å². The van der Waals surface area contributed by atoms with Crippen molar-refractivity contribution < 1.29 is 9.59 Å². The molecule has 5 heteroatoms. The van der Waals surface area contributed by atoms with Gasteiger partial charge in [0.2, 0.25) is 11.8 Å². The molecule has 2 aromatic rings. The number of benzene rings is 1. The third-order valence-corrected chi connectivity index (χ3v) is 7.31. The van der Waals surface area contributed by atoms with Crippen molar-refractivity contribution in [3.8, 4) is 0 Å². The van der Waals surface area contributed by atoms with E-state index in [1.807, 2.05) is 15.9 Å². The summed E-state index contributed by atoms with van der Waals surface area (Å²) in [5, 5.41) is 2.13. The van der Waals surface area contributed by atoms with E-state index < -0.39 is 0 Å². The molecule has 160 valence electrons. The molecule has 2 aliphatic rings. The number of thiophene rings is 1. The zero-order chi connectivity index (χ0) is 21.3. The van der Waals surface area contributed by atoms with Gasteiger partial charge in [0.1, 0.15) is 0 Å². The molecule has 1 atom stereocenters. The SMILES string of the molecule is Cc1ccccc1C1c2ccsc2CCN1C(=O)CN(CCC(C)C)C(=O)C1CC1. The average Bonchev–Trinajstić information content (AvgIpc) is 3.47. The molecule has 2 heterocycles. The summed E-state index contributed by atoms with van der Waals surface area (Å²) >= 11 is 1.78. The molecule has 0 radical (unpaired) electrons. The number of rotatable bonds is 7. The molecule has 1 aliphatic heterocycles. The van der Waals surface area contributed by atoms with E-state index in [0.29, 0.717) is 19.0 Å². The molecule has 0 saturated heterocycles. The predicted octanol–water partition coefficient (Wildman–Crippen LogP) is 4.82. The van der Waals surface area contributed by atoms with Crippen molar-refractivity contribution in [2.45, 2.75) is 52.5 Å². The fraction of sp³-hybridized carbons (Fsp3) is 0.520. The van der Waals surface area contributed by atoms with Gasteiger partial charge in [-0.3, -0.25) is 9.59 Å². The monoisotopic (exact) mass is 424 g/mol. The van der Waals surface area contributed by atoms with Crippen molar-refractivity contribution in [3.05, 3.63) is 57.3 Å². The maximum Gasteiger partial charge on any atom is 0.242 e. The fourth-order valence-electron chi connectivity index (χ4n) is 4.34. The molecular formula is C25H32N2O2S. The quantitative estimate of drug-likeness (QED) is 0.640. The maximum atomic E-state index is 13.6. The van der Waals surface area contributed by atoms with Crippen LogP contribution in [-0.4, -0.2) is 41.2 Å². The molecule has 1 aromatic carbocycles. The largest absolute Gasteiger partial charge is 0.333 e. The Bertz CT molecular complexity index is 915. The van der Waals surface area contributed by atoms with Crippen LogP contribution in [0.3, 0.4) is 0 Å². The summed E-state index contributed by atoms with van der Waals surface area (Å²) < 4.78 is 0. The van der Waals surface area contributed by atoms with Gasteiger partial charge in [0.15, 0.2) is 0 Å². The molecule has 0 spiro atoms. The molecule has 0 N–H and O–H groups in total. The lowest BCUT2D eigenvalue weighted by Crippen LogP contribution is -2.47. The highest BCUT2D eigenvalue weighted by atomic mass is 32.1. The highest BCUT2D eigenvalue weighted by molar-refractivity contribution is 7.10. The smallest absolute Gasteiger partial charge is 0.242 e. The van der Waals surface area contributed by atoms with Gasteiger partial charge in [0.25, 0.3) is 0 Å². The fourth-order valence-corrected chi connectivity index (χ4v) is 5.24. The van der Waals surface area contributed by atoms with Crippen LogP contribution in [0.1, 0.15) is 60.7 Å². The summed E-state index contributed by atoms with van der Waals surface area (Å²) in [6, 6.07) is 10.5. The first-order chi connectivity index (χ1) is 14.5. The second kappa shape index (κ2) is 8.93. The minimum atomic E-state index is -0.0586. The highest BCUT2D eigenvalue weighted by Gasteiger charge is 2.37.